The van der Waals surface area contributed by atoms with Gasteiger partial charge in [0.25, 0.3) is 5.56 Å². The first-order valence-corrected chi connectivity index (χ1v) is 6.49. The van der Waals surface area contributed by atoms with E-state index < -0.39 is 0 Å². The Balaban J connectivity index is 2.15. The number of carbonyl (C=O) groups excluding carboxylic acids is 1. The van der Waals surface area contributed by atoms with Gasteiger partial charge in [0.1, 0.15) is 0 Å². The minimum atomic E-state index is -0.142. The van der Waals surface area contributed by atoms with Gasteiger partial charge in [-0.1, -0.05) is 18.2 Å². The van der Waals surface area contributed by atoms with Gasteiger partial charge in [-0.2, -0.15) is 0 Å². The van der Waals surface area contributed by atoms with Crippen molar-refractivity contribution in [1.29, 1.82) is 0 Å². The molecule has 1 unspecified atom stereocenters. The van der Waals surface area contributed by atoms with Crippen LogP contribution in [0.3, 0.4) is 0 Å². The van der Waals surface area contributed by atoms with E-state index in [-0.39, 0.29) is 11.7 Å². The molecule has 4 nitrogen and oxygen atoms in total. The summed E-state index contributed by atoms with van der Waals surface area (Å²) in [5.74, 6) is 0. The van der Waals surface area contributed by atoms with Crippen LogP contribution in [0.1, 0.15) is 23.2 Å². The molecular weight excluding hydrogens is 242 g/mol. The zero-order valence-corrected chi connectivity index (χ0v) is 10.5. The van der Waals surface area contributed by atoms with Crippen LogP contribution >= 0.6 is 0 Å². The Morgan fingerprint density at radius 3 is 2.95 bits per heavy atom. The maximum atomic E-state index is 12.1. The Morgan fingerprint density at radius 1 is 1.37 bits per heavy atom. The van der Waals surface area contributed by atoms with Crippen molar-refractivity contribution in [3.63, 3.8) is 0 Å². The zero-order valence-electron chi connectivity index (χ0n) is 10.5. The number of fused-ring (bicyclic) bond motifs is 1. The third kappa shape index (κ3) is 2.19. The predicted octanol–water partition coefficient (Wildman–Crippen LogP) is 1.99. The summed E-state index contributed by atoms with van der Waals surface area (Å²) in [6.45, 7) is 1.32. The number of nitrogens with zero attached hydrogens (tertiary/aromatic N) is 1. The van der Waals surface area contributed by atoms with Crippen LogP contribution in [0, 0.1) is 0 Å². The molecule has 3 rings (SSSR count). The molecule has 98 valence electrons. The largest absolute Gasteiger partial charge is 0.376 e. The molecule has 1 fully saturated rings. The van der Waals surface area contributed by atoms with Gasteiger partial charge in [-0.05, 0) is 18.9 Å². The molecule has 1 aliphatic heterocycles. The molecule has 4 heteroatoms. The van der Waals surface area contributed by atoms with E-state index in [2.05, 4.69) is 0 Å². The van der Waals surface area contributed by atoms with Crippen molar-refractivity contribution < 1.29 is 9.53 Å². The average Bonchev–Trinajstić information content (AvgIpc) is 2.94. The molecule has 1 aromatic carbocycles. The van der Waals surface area contributed by atoms with Gasteiger partial charge in [0.15, 0.2) is 6.29 Å². The number of aldehydes is 1. The van der Waals surface area contributed by atoms with E-state index in [1.807, 2.05) is 24.3 Å². The fourth-order valence-electron chi connectivity index (χ4n) is 2.64. The lowest BCUT2D eigenvalue weighted by molar-refractivity contribution is 0.0972. The number of rotatable bonds is 3. The van der Waals surface area contributed by atoms with Gasteiger partial charge >= 0.3 is 0 Å². The molecule has 1 aromatic heterocycles. The summed E-state index contributed by atoms with van der Waals surface area (Å²) in [5, 5.41) is 0.815. The molecule has 0 radical (unpaired) electrons. The summed E-state index contributed by atoms with van der Waals surface area (Å²) in [6.07, 6.45) is 2.86. The number of carbonyl (C=O) groups is 1. The second-order valence-corrected chi connectivity index (χ2v) is 4.82. The first-order chi connectivity index (χ1) is 9.29. The third-order valence-electron chi connectivity index (χ3n) is 3.59. The molecule has 1 atom stereocenters. The van der Waals surface area contributed by atoms with Gasteiger partial charge in [-0.25, -0.2) is 0 Å². The van der Waals surface area contributed by atoms with Crippen LogP contribution in [-0.2, 0) is 11.3 Å². The molecule has 0 spiro atoms. The topological polar surface area (TPSA) is 48.3 Å². The molecule has 2 aromatic rings. The number of hydrogen-bond acceptors (Lipinski definition) is 3. The summed E-state index contributed by atoms with van der Waals surface area (Å²) >= 11 is 0. The highest BCUT2D eigenvalue weighted by atomic mass is 16.5. The van der Waals surface area contributed by atoms with Gasteiger partial charge in [0.05, 0.1) is 18.2 Å². The highest BCUT2D eigenvalue weighted by molar-refractivity contribution is 5.96. The number of ether oxygens (including phenoxy) is 1. The number of hydrogen-bond donors (Lipinski definition) is 0. The lowest BCUT2D eigenvalue weighted by Crippen LogP contribution is -2.26. The molecule has 2 heterocycles. The van der Waals surface area contributed by atoms with Gasteiger partial charge < -0.3 is 9.30 Å². The molecule has 0 amide bonds. The summed E-state index contributed by atoms with van der Waals surface area (Å²) in [7, 11) is 0. The van der Waals surface area contributed by atoms with Crippen LogP contribution in [0.15, 0.2) is 35.1 Å². The number of pyridine rings is 1. The Bertz CT molecular complexity index is 669. The van der Waals surface area contributed by atoms with Crippen LogP contribution in [0.4, 0.5) is 0 Å². The second-order valence-electron chi connectivity index (χ2n) is 4.82. The summed E-state index contributed by atoms with van der Waals surface area (Å²) < 4.78 is 7.29. The summed E-state index contributed by atoms with van der Waals surface area (Å²) in [4.78, 5) is 23.2. The first kappa shape index (κ1) is 12.1. The highest BCUT2D eigenvalue weighted by Gasteiger charge is 2.18. The summed E-state index contributed by atoms with van der Waals surface area (Å²) in [5.41, 5.74) is 1.10. The monoisotopic (exact) mass is 257 g/mol. The SMILES string of the molecule is O=Cc1cc(=O)n(CC2CCCO2)c2ccccc12. The molecule has 0 saturated carbocycles. The van der Waals surface area contributed by atoms with E-state index in [9.17, 15) is 9.59 Å². The van der Waals surface area contributed by atoms with Gasteiger partial charge in [0.2, 0.25) is 0 Å². The van der Waals surface area contributed by atoms with Crippen molar-refractivity contribution in [2.24, 2.45) is 0 Å². The van der Waals surface area contributed by atoms with Crippen LogP contribution in [-0.4, -0.2) is 23.6 Å². The van der Waals surface area contributed by atoms with Gasteiger partial charge in [-0.3, -0.25) is 9.59 Å². The zero-order chi connectivity index (χ0) is 13.2. The molecular formula is C15H15NO3. The Kier molecular flexibility index (Phi) is 3.17. The number of para-hydroxylation sites is 1. The predicted molar refractivity (Wildman–Crippen MR) is 72.6 cm³/mol. The Labute approximate surface area is 110 Å². The Morgan fingerprint density at radius 2 is 2.21 bits per heavy atom. The van der Waals surface area contributed by atoms with Crippen molar-refractivity contribution in [3.05, 3.63) is 46.2 Å². The van der Waals surface area contributed by atoms with E-state index in [0.717, 1.165) is 36.6 Å². The van der Waals surface area contributed by atoms with Crippen LogP contribution in [0.5, 0.6) is 0 Å². The van der Waals surface area contributed by atoms with E-state index >= 15 is 0 Å². The Hall–Kier alpha value is -1.94. The first-order valence-electron chi connectivity index (χ1n) is 6.49. The molecule has 0 N–H and O–H groups in total. The molecule has 0 aliphatic carbocycles. The minimum Gasteiger partial charge on any atom is -0.376 e. The maximum Gasteiger partial charge on any atom is 0.251 e. The van der Waals surface area contributed by atoms with E-state index in [4.69, 9.17) is 4.74 Å². The molecule has 1 saturated heterocycles. The highest BCUT2D eigenvalue weighted by Crippen LogP contribution is 2.19. The van der Waals surface area contributed by atoms with E-state index in [0.29, 0.717) is 12.1 Å². The second kappa shape index (κ2) is 4.97. The lowest BCUT2D eigenvalue weighted by atomic mass is 10.1. The lowest BCUT2D eigenvalue weighted by Gasteiger charge is -2.15. The average molecular weight is 257 g/mol. The van der Waals surface area contributed by atoms with Crippen molar-refractivity contribution in [1.82, 2.24) is 4.57 Å². The molecule has 0 bridgehead atoms. The molecule has 1 aliphatic rings. The van der Waals surface area contributed by atoms with Crippen molar-refractivity contribution in [3.8, 4) is 0 Å². The molecule has 19 heavy (non-hydrogen) atoms. The quantitative estimate of drug-likeness (QED) is 0.790. The standard InChI is InChI=1S/C15H15NO3/c17-10-11-8-15(18)16(9-12-4-3-7-19-12)14-6-2-1-5-13(11)14/h1-2,5-6,8,10,12H,3-4,7,9H2. The third-order valence-corrected chi connectivity index (χ3v) is 3.59. The number of aromatic nitrogens is 1. The maximum absolute atomic E-state index is 12.1. The van der Waals surface area contributed by atoms with Crippen LogP contribution in [0.2, 0.25) is 0 Å². The van der Waals surface area contributed by atoms with E-state index in [1.54, 1.807) is 4.57 Å². The smallest absolute Gasteiger partial charge is 0.251 e. The van der Waals surface area contributed by atoms with E-state index in [1.165, 1.54) is 6.07 Å². The minimum absolute atomic E-state index is 0.100. The number of benzene rings is 1. The van der Waals surface area contributed by atoms with Crippen LogP contribution in [0.25, 0.3) is 10.9 Å². The van der Waals surface area contributed by atoms with Crippen molar-refractivity contribution in [2.75, 3.05) is 6.61 Å². The van der Waals surface area contributed by atoms with Gasteiger partial charge in [-0.15, -0.1) is 0 Å². The normalized spacial score (nSPS) is 18.8. The van der Waals surface area contributed by atoms with Crippen molar-refractivity contribution >= 4 is 17.2 Å². The fourth-order valence-corrected chi connectivity index (χ4v) is 2.64. The summed E-state index contributed by atoms with van der Waals surface area (Å²) in [6, 6.07) is 8.89. The van der Waals surface area contributed by atoms with Crippen molar-refractivity contribution in [2.45, 2.75) is 25.5 Å². The van der Waals surface area contributed by atoms with Crippen LogP contribution < -0.4 is 5.56 Å². The fraction of sp³-hybridized carbons (Fsp3) is 0.333. The van der Waals surface area contributed by atoms with Gasteiger partial charge in [0, 0.05) is 23.6 Å².